The van der Waals surface area contributed by atoms with Crippen LogP contribution < -0.4 is 9.47 Å². The van der Waals surface area contributed by atoms with Gasteiger partial charge in [0, 0.05) is 15.3 Å². The first-order valence-corrected chi connectivity index (χ1v) is 7.62. The maximum atomic E-state index is 12.2. The molecule has 0 saturated heterocycles. The molecule has 5 nitrogen and oxygen atoms in total. The Hall–Kier alpha value is -2.60. The number of methoxy groups -OCH3 is 1. The molecule has 1 heterocycles. The van der Waals surface area contributed by atoms with Crippen LogP contribution >= 0.6 is 11.3 Å². The fourth-order valence-electron chi connectivity index (χ4n) is 1.88. The molecule has 120 valence electrons. The molecular weight excluding hydrogens is 316 g/mol. The number of carboxylic acids is 1. The summed E-state index contributed by atoms with van der Waals surface area (Å²) in [6, 6.07) is 8.58. The molecule has 1 N–H and O–H groups in total. The monoisotopic (exact) mass is 332 g/mol. The molecule has 0 unspecified atom stereocenters. The number of aryl methyl sites for hydroxylation is 1. The van der Waals surface area contributed by atoms with E-state index in [1.807, 2.05) is 19.1 Å². The number of carbonyl (C=O) groups is 2. The first kappa shape index (κ1) is 16.8. The summed E-state index contributed by atoms with van der Waals surface area (Å²) in [6.07, 6.45) is 3.26. The number of ketones is 1. The van der Waals surface area contributed by atoms with E-state index in [0.717, 1.165) is 4.88 Å². The average molecular weight is 332 g/mol. The van der Waals surface area contributed by atoms with Crippen molar-refractivity contribution in [3.8, 4) is 11.5 Å². The number of hydrogen-bond acceptors (Lipinski definition) is 5. The minimum Gasteiger partial charge on any atom is -0.493 e. The van der Waals surface area contributed by atoms with Gasteiger partial charge in [-0.1, -0.05) is 0 Å². The number of ether oxygens (including phenoxy) is 2. The topological polar surface area (TPSA) is 72.8 Å². The van der Waals surface area contributed by atoms with Crippen molar-refractivity contribution in [3.63, 3.8) is 0 Å². The zero-order chi connectivity index (χ0) is 16.8. The Morgan fingerprint density at radius 1 is 1.22 bits per heavy atom. The van der Waals surface area contributed by atoms with E-state index in [0.29, 0.717) is 11.3 Å². The number of carboxylic acid groups (broad SMARTS) is 1. The number of aliphatic carboxylic acids is 1. The van der Waals surface area contributed by atoms with E-state index in [1.54, 1.807) is 23.5 Å². The number of allylic oxidation sites excluding steroid dienone is 1. The molecule has 0 spiro atoms. The van der Waals surface area contributed by atoms with E-state index in [-0.39, 0.29) is 11.5 Å². The van der Waals surface area contributed by atoms with E-state index in [4.69, 9.17) is 14.6 Å². The standard InChI is InChI=1S/C17H16O5S/c1-11-3-5-13(23-11)6-7-14(18)12-4-8-15(16(9-12)21-2)22-10-17(19)20/h3-9H,10H2,1-2H3,(H,19,20)/b7-6-. The van der Waals surface area contributed by atoms with E-state index < -0.39 is 12.6 Å². The van der Waals surface area contributed by atoms with Crippen molar-refractivity contribution >= 4 is 29.2 Å². The van der Waals surface area contributed by atoms with Crippen molar-refractivity contribution in [1.82, 2.24) is 0 Å². The summed E-state index contributed by atoms with van der Waals surface area (Å²) in [6.45, 7) is 1.53. The van der Waals surface area contributed by atoms with Crippen LogP contribution in [0.3, 0.4) is 0 Å². The van der Waals surface area contributed by atoms with Crippen molar-refractivity contribution in [2.45, 2.75) is 6.92 Å². The highest BCUT2D eigenvalue weighted by atomic mass is 32.1. The number of benzene rings is 1. The SMILES string of the molecule is COc1cc(C(=O)/C=C\c2ccc(C)s2)ccc1OCC(=O)O. The minimum atomic E-state index is -1.08. The van der Waals surface area contributed by atoms with Gasteiger partial charge in [-0.05, 0) is 49.4 Å². The van der Waals surface area contributed by atoms with Crippen LogP contribution in [-0.2, 0) is 4.79 Å². The van der Waals surface area contributed by atoms with Gasteiger partial charge in [0.15, 0.2) is 23.9 Å². The van der Waals surface area contributed by atoms with Crippen LogP contribution in [0.25, 0.3) is 6.08 Å². The molecule has 0 aliphatic heterocycles. The van der Waals surface area contributed by atoms with Gasteiger partial charge in [-0.25, -0.2) is 4.79 Å². The summed E-state index contributed by atoms with van der Waals surface area (Å²) >= 11 is 1.60. The second kappa shape index (κ2) is 7.60. The number of rotatable bonds is 7. The quantitative estimate of drug-likeness (QED) is 0.621. The second-order valence-electron chi connectivity index (χ2n) is 4.69. The fourth-order valence-corrected chi connectivity index (χ4v) is 2.66. The first-order valence-electron chi connectivity index (χ1n) is 6.81. The number of carbonyl (C=O) groups excluding carboxylic acids is 1. The molecule has 0 radical (unpaired) electrons. The Morgan fingerprint density at radius 3 is 2.61 bits per heavy atom. The van der Waals surface area contributed by atoms with Crippen LogP contribution in [0.4, 0.5) is 0 Å². The Morgan fingerprint density at radius 2 is 2.00 bits per heavy atom. The predicted molar refractivity (Wildman–Crippen MR) is 88.5 cm³/mol. The van der Waals surface area contributed by atoms with Crippen LogP contribution in [0, 0.1) is 6.92 Å². The summed E-state index contributed by atoms with van der Waals surface area (Å²) in [5.74, 6) is -0.651. The molecule has 1 aromatic heterocycles. The average Bonchev–Trinajstić information content (AvgIpc) is 2.95. The van der Waals surface area contributed by atoms with Gasteiger partial charge in [-0.15, -0.1) is 11.3 Å². The van der Waals surface area contributed by atoms with Crippen molar-refractivity contribution in [1.29, 1.82) is 0 Å². The smallest absolute Gasteiger partial charge is 0.341 e. The van der Waals surface area contributed by atoms with Crippen LogP contribution in [0.1, 0.15) is 20.1 Å². The van der Waals surface area contributed by atoms with Gasteiger partial charge < -0.3 is 14.6 Å². The van der Waals surface area contributed by atoms with Crippen molar-refractivity contribution in [2.75, 3.05) is 13.7 Å². The second-order valence-corrected chi connectivity index (χ2v) is 6.01. The third-order valence-corrected chi connectivity index (χ3v) is 3.93. The fraction of sp³-hybridized carbons (Fsp3) is 0.176. The Labute approximate surface area is 137 Å². The Balaban J connectivity index is 2.14. The number of thiophene rings is 1. The lowest BCUT2D eigenvalue weighted by atomic mass is 10.1. The van der Waals surface area contributed by atoms with Crippen molar-refractivity contribution in [2.24, 2.45) is 0 Å². The zero-order valence-corrected chi connectivity index (χ0v) is 13.6. The summed E-state index contributed by atoms with van der Waals surface area (Å²) in [5, 5.41) is 8.63. The van der Waals surface area contributed by atoms with Gasteiger partial charge in [0.1, 0.15) is 0 Å². The van der Waals surface area contributed by atoms with Gasteiger partial charge in [0.25, 0.3) is 0 Å². The van der Waals surface area contributed by atoms with Gasteiger partial charge in [-0.2, -0.15) is 0 Å². The molecule has 2 aromatic rings. The molecule has 0 atom stereocenters. The summed E-state index contributed by atoms with van der Waals surface area (Å²) < 4.78 is 10.2. The molecule has 0 saturated carbocycles. The van der Waals surface area contributed by atoms with E-state index in [9.17, 15) is 9.59 Å². The normalized spacial score (nSPS) is 10.7. The predicted octanol–water partition coefficient (Wildman–Crippen LogP) is 3.42. The molecule has 0 amide bonds. The van der Waals surface area contributed by atoms with Crippen molar-refractivity contribution in [3.05, 3.63) is 51.7 Å². The highest BCUT2D eigenvalue weighted by Gasteiger charge is 2.10. The Bertz CT molecular complexity index is 745. The van der Waals surface area contributed by atoms with E-state index >= 15 is 0 Å². The first-order chi connectivity index (χ1) is 11.0. The molecule has 0 fully saturated rings. The largest absolute Gasteiger partial charge is 0.493 e. The summed E-state index contributed by atoms with van der Waals surface area (Å²) in [5.41, 5.74) is 0.439. The van der Waals surface area contributed by atoms with Crippen LogP contribution in [-0.4, -0.2) is 30.6 Å². The third kappa shape index (κ3) is 4.69. The number of hydrogen-bond donors (Lipinski definition) is 1. The molecule has 0 aliphatic carbocycles. The van der Waals surface area contributed by atoms with Crippen LogP contribution in [0.5, 0.6) is 11.5 Å². The highest BCUT2D eigenvalue weighted by molar-refractivity contribution is 7.12. The molecular formula is C17H16O5S. The third-order valence-electron chi connectivity index (χ3n) is 2.96. The minimum absolute atomic E-state index is 0.167. The van der Waals surface area contributed by atoms with Gasteiger partial charge in [-0.3, -0.25) is 4.79 Å². The maximum Gasteiger partial charge on any atom is 0.341 e. The highest BCUT2D eigenvalue weighted by Crippen LogP contribution is 2.28. The lowest BCUT2D eigenvalue weighted by Crippen LogP contribution is -2.10. The molecule has 1 aromatic carbocycles. The van der Waals surface area contributed by atoms with E-state index in [2.05, 4.69) is 0 Å². The van der Waals surface area contributed by atoms with Crippen LogP contribution in [0.15, 0.2) is 36.4 Å². The maximum absolute atomic E-state index is 12.2. The van der Waals surface area contributed by atoms with Gasteiger partial charge in [0.05, 0.1) is 7.11 Å². The molecule has 2 rings (SSSR count). The lowest BCUT2D eigenvalue weighted by Gasteiger charge is -2.09. The van der Waals surface area contributed by atoms with Crippen molar-refractivity contribution < 1.29 is 24.2 Å². The lowest BCUT2D eigenvalue weighted by molar-refractivity contribution is -0.139. The molecule has 0 bridgehead atoms. The molecule has 23 heavy (non-hydrogen) atoms. The molecule has 6 heteroatoms. The van der Waals surface area contributed by atoms with Crippen LogP contribution in [0.2, 0.25) is 0 Å². The van der Waals surface area contributed by atoms with Gasteiger partial charge in [0.2, 0.25) is 0 Å². The zero-order valence-electron chi connectivity index (χ0n) is 12.7. The summed E-state index contributed by atoms with van der Waals surface area (Å²) in [7, 11) is 1.43. The summed E-state index contributed by atoms with van der Waals surface area (Å²) in [4.78, 5) is 24.9. The van der Waals surface area contributed by atoms with Gasteiger partial charge >= 0.3 is 5.97 Å². The molecule has 0 aliphatic rings. The Kier molecular flexibility index (Phi) is 5.54. The van der Waals surface area contributed by atoms with E-state index in [1.165, 1.54) is 30.2 Å².